The number of hydrogen-bond acceptors (Lipinski definition) is 3. The number of rotatable bonds is 2. The molecule has 0 saturated carbocycles. The lowest BCUT2D eigenvalue weighted by Crippen LogP contribution is -2.05. The third-order valence-electron chi connectivity index (χ3n) is 1.49. The topological polar surface area (TPSA) is 56.0 Å². The Balaban J connectivity index is 0.00000144. The SMILES string of the molecule is Br.Cc1cc(N)c(C(=O)CBr)cn1. The van der Waals surface area contributed by atoms with Crippen molar-refractivity contribution in [3.05, 3.63) is 23.5 Å². The third-order valence-corrected chi connectivity index (χ3v) is 2.00. The fourth-order valence-electron chi connectivity index (χ4n) is 0.886. The molecule has 0 aromatic carbocycles. The standard InChI is InChI=1S/C8H9BrN2O.BrH/c1-5-2-7(10)6(4-11-5)8(12)3-9;/h2,4H,3H2,1H3,(H2,10,11);1H. The highest BCUT2D eigenvalue weighted by atomic mass is 79.9. The Kier molecular flexibility index (Phi) is 5.17. The van der Waals surface area contributed by atoms with E-state index in [1.807, 2.05) is 6.92 Å². The van der Waals surface area contributed by atoms with Crippen LogP contribution in [0.3, 0.4) is 0 Å². The highest BCUT2D eigenvalue weighted by molar-refractivity contribution is 9.09. The van der Waals surface area contributed by atoms with Crippen molar-refractivity contribution < 1.29 is 4.79 Å². The van der Waals surface area contributed by atoms with Crippen molar-refractivity contribution in [2.24, 2.45) is 0 Å². The number of carbonyl (C=O) groups excluding carboxylic acids is 1. The summed E-state index contributed by atoms with van der Waals surface area (Å²) in [7, 11) is 0. The van der Waals surface area contributed by atoms with Crippen LogP contribution < -0.4 is 5.73 Å². The van der Waals surface area contributed by atoms with E-state index in [0.717, 1.165) is 5.69 Å². The largest absolute Gasteiger partial charge is 0.398 e. The first-order chi connectivity index (χ1) is 5.65. The average molecular weight is 310 g/mol. The number of carbonyl (C=O) groups is 1. The van der Waals surface area contributed by atoms with Crippen LogP contribution in [0.4, 0.5) is 5.69 Å². The molecule has 0 aliphatic heterocycles. The molecule has 3 nitrogen and oxygen atoms in total. The molecule has 1 aromatic heterocycles. The Morgan fingerprint density at radius 2 is 2.31 bits per heavy atom. The zero-order chi connectivity index (χ0) is 9.14. The van der Waals surface area contributed by atoms with Crippen LogP contribution in [0, 0.1) is 6.92 Å². The lowest BCUT2D eigenvalue weighted by molar-refractivity contribution is 0.102. The molecule has 5 heteroatoms. The monoisotopic (exact) mass is 308 g/mol. The van der Waals surface area contributed by atoms with Crippen LogP contribution in [-0.4, -0.2) is 16.1 Å². The van der Waals surface area contributed by atoms with Crippen molar-refractivity contribution in [2.45, 2.75) is 6.92 Å². The predicted octanol–water partition coefficient (Wildman–Crippen LogP) is 2.13. The van der Waals surface area contributed by atoms with Crippen LogP contribution in [0.25, 0.3) is 0 Å². The number of anilines is 1. The number of halogens is 2. The van der Waals surface area contributed by atoms with Gasteiger partial charge in [0, 0.05) is 17.6 Å². The Hall–Kier alpha value is -0.420. The van der Waals surface area contributed by atoms with Crippen LogP contribution in [0.5, 0.6) is 0 Å². The summed E-state index contributed by atoms with van der Waals surface area (Å²) < 4.78 is 0. The number of pyridine rings is 1. The smallest absolute Gasteiger partial charge is 0.176 e. The first kappa shape index (κ1) is 12.6. The molecular weight excluding hydrogens is 300 g/mol. The van der Waals surface area contributed by atoms with Gasteiger partial charge in [0.2, 0.25) is 0 Å². The molecule has 0 aliphatic carbocycles. The second-order valence-electron chi connectivity index (χ2n) is 2.47. The Bertz CT molecular complexity index is 315. The van der Waals surface area contributed by atoms with Crippen LogP contribution in [0.2, 0.25) is 0 Å². The van der Waals surface area contributed by atoms with Crippen LogP contribution >= 0.6 is 32.9 Å². The molecule has 0 bridgehead atoms. The van der Waals surface area contributed by atoms with Crippen molar-refractivity contribution in [2.75, 3.05) is 11.1 Å². The van der Waals surface area contributed by atoms with E-state index in [4.69, 9.17) is 5.73 Å². The fraction of sp³-hybridized carbons (Fsp3) is 0.250. The van der Waals surface area contributed by atoms with Crippen molar-refractivity contribution in [1.82, 2.24) is 4.98 Å². The molecular formula is C8H10Br2N2O. The summed E-state index contributed by atoms with van der Waals surface area (Å²) in [5.41, 5.74) is 7.41. The van der Waals surface area contributed by atoms with E-state index in [9.17, 15) is 4.79 Å². The zero-order valence-corrected chi connectivity index (χ0v) is 10.4. The normalized spacial score (nSPS) is 9.08. The fourth-order valence-corrected chi connectivity index (χ4v) is 1.19. The molecule has 72 valence electrons. The van der Waals surface area contributed by atoms with E-state index < -0.39 is 0 Å². The van der Waals surface area contributed by atoms with E-state index in [-0.39, 0.29) is 28.1 Å². The number of aromatic nitrogens is 1. The predicted molar refractivity (Wildman–Crippen MR) is 61.8 cm³/mol. The molecule has 0 saturated heterocycles. The highest BCUT2D eigenvalue weighted by Gasteiger charge is 2.07. The van der Waals surface area contributed by atoms with E-state index in [2.05, 4.69) is 20.9 Å². The van der Waals surface area contributed by atoms with Gasteiger partial charge in [-0.05, 0) is 13.0 Å². The molecule has 0 fully saturated rings. The molecule has 1 aromatic rings. The average Bonchev–Trinajstić information content (AvgIpc) is 2.03. The van der Waals surface area contributed by atoms with Crippen molar-refractivity contribution in [1.29, 1.82) is 0 Å². The van der Waals surface area contributed by atoms with E-state index >= 15 is 0 Å². The number of nitrogens with zero attached hydrogens (tertiary/aromatic N) is 1. The van der Waals surface area contributed by atoms with Crippen LogP contribution in [-0.2, 0) is 0 Å². The quantitative estimate of drug-likeness (QED) is 0.672. The zero-order valence-electron chi connectivity index (χ0n) is 7.08. The molecule has 0 amide bonds. The Morgan fingerprint density at radius 1 is 1.69 bits per heavy atom. The van der Waals surface area contributed by atoms with Gasteiger partial charge in [-0.3, -0.25) is 9.78 Å². The lowest BCUT2D eigenvalue weighted by atomic mass is 10.1. The molecule has 0 aliphatic rings. The third kappa shape index (κ3) is 3.08. The summed E-state index contributed by atoms with van der Waals surface area (Å²) in [6.45, 7) is 1.83. The second kappa shape index (κ2) is 5.34. The number of Topliss-reactive ketones (excluding diaryl/α,β-unsaturated/α-hetero) is 1. The maximum atomic E-state index is 11.2. The summed E-state index contributed by atoms with van der Waals surface area (Å²) in [5.74, 6) is -0.0417. The number of nitrogen functional groups attached to an aromatic ring is 1. The first-order valence-electron chi connectivity index (χ1n) is 3.46. The van der Waals surface area contributed by atoms with Gasteiger partial charge in [0.15, 0.2) is 5.78 Å². The van der Waals surface area contributed by atoms with Crippen molar-refractivity contribution >= 4 is 44.4 Å². The minimum Gasteiger partial charge on any atom is -0.398 e. The van der Waals surface area contributed by atoms with Gasteiger partial charge in [0.25, 0.3) is 0 Å². The maximum absolute atomic E-state index is 11.2. The molecule has 1 rings (SSSR count). The van der Waals surface area contributed by atoms with Crippen molar-refractivity contribution in [3.8, 4) is 0 Å². The van der Waals surface area contributed by atoms with Gasteiger partial charge < -0.3 is 5.73 Å². The summed E-state index contributed by atoms with van der Waals surface area (Å²) in [4.78, 5) is 15.2. The molecule has 0 spiro atoms. The summed E-state index contributed by atoms with van der Waals surface area (Å²) in [6.07, 6.45) is 1.51. The molecule has 0 atom stereocenters. The van der Waals surface area contributed by atoms with Gasteiger partial charge >= 0.3 is 0 Å². The minimum absolute atomic E-state index is 0. The van der Waals surface area contributed by atoms with Gasteiger partial charge in [-0.15, -0.1) is 17.0 Å². The van der Waals surface area contributed by atoms with Gasteiger partial charge in [-0.1, -0.05) is 15.9 Å². The van der Waals surface area contributed by atoms with Gasteiger partial charge in [0.1, 0.15) is 0 Å². The number of hydrogen-bond donors (Lipinski definition) is 1. The molecule has 2 N–H and O–H groups in total. The van der Waals surface area contributed by atoms with E-state index in [1.165, 1.54) is 6.20 Å². The molecule has 1 heterocycles. The summed E-state index contributed by atoms with van der Waals surface area (Å²) >= 11 is 3.07. The Labute approximate surface area is 95.6 Å². The van der Waals surface area contributed by atoms with Crippen LogP contribution in [0.1, 0.15) is 16.1 Å². The van der Waals surface area contributed by atoms with Gasteiger partial charge in [0.05, 0.1) is 10.9 Å². The highest BCUT2D eigenvalue weighted by Crippen LogP contribution is 2.12. The summed E-state index contributed by atoms with van der Waals surface area (Å²) in [5, 5.41) is 0.280. The number of aryl methyl sites for hydroxylation is 1. The molecule has 0 radical (unpaired) electrons. The number of alkyl halides is 1. The Morgan fingerprint density at radius 3 is 2.77 bits per heavy atom. The van der Waals surface area contributed by atoms with Gasteiger partial charge in [-0.2, -0.15) is 0 Å². The lowest BCUT2D eigenvalue weighted by Gasteiger charge is -2.01. The second-order valence-corrected chi connectivity index (χ2v) is 3.03. The molecule has 13 heavy (non-hydrogen) atoms. The van der Waals surface area contributed by atoms with Crippen LogP contribution in [0.15, 0.2) is 12.3 Å². The van der Waals surface area contributed by atoms with Gasteiger partial charge in [-0.25, -0.2) is 0 Å². The number of ketones is 1. The minimum atomic E-state index is -0.0417. The number of nitrogens with two attached hydrogens (primary N) is 1. The maximum Gasteiger partial charge on any atom is 0.176 e. The summed E-state index contributed by atoms with van der Waals surface area (Å²) in [6, 6.07) is 1.69. The van der Waals surface area contributed by atoms with Crippen molar-refractivity contribution in [3.63, 3.8) is 0 Å². The van der Waals surface area contributed by atoms with E-state index in [0.29, 0.717) is 11.3 Å². The van der Waals surface area contributed by atoms with E-state index in [1.54, 1.807) is 6.07 Å². The first-order valence-corrected chi connectivity index (χ1v) is 4.58. The molecule has 0 unspecified atom stereocenters.